The summed E-state index contributed by atoms with van der Waals surface area (Å²) in [7, 11) is 3.54. The summed E-state index contributed by atoms with van der Waals surface area (Å²) in [6.45, 7) is 20.7. The molecule has 0 saturated heterocycles. The van der Waals surface area contributed by atoms with Crippen LogP contribution in [0.1, 0.15) is 162 Å². The third-order valence-corrected chi connectivity index (χ3v) is 16.0. The van der Waals surface area contributed by atoms with Gasteiger partial charge in [-0.15, -0.1) is 22.7 Å². The Kier molecular flexibility index (Phi) is 33.0. The molecular formula is C59H90N10O11S2. The fourth-order valence-corrected chi connectivity index (χ4v) is 10.6. The Hall–Kier alpha value is -6.33. The molecular weight excluding hydrogens is 1090 g/mol. The predicted molar refractivity (Wildman–Crippen MR) is 319 cm³/mol. The fraction of sp³-hybridized carbons (Fsp3) is 0.593. The van der Waals surface area contributed by atoms with E-state index >= 15 is 0 Å². The van der Waals surface area contributed by atoms with Crippen molar-refractivity contribution in [1.29, 1.82) is 0 Å². The van der Waals surface area contributed by atoms with E-state index in [4.69, 9.17) is 25.8 Å². The number of aromatic nitrogens is 2. The Balaban J connectivity index is 0.000000544. The zero-order valence-electron chi connectivity index (χ0n) is 50.1. The van der Waals surface area contributed by atoms with Gasteiger partial charge in [0.25, 0.3) is 11.8 Å². The monoisotopic (exact) mass is 1180 g/mol. The average Bonchev–Trinajstić information content (AvgIpc) is 4.25. The van der Waals surface area contributed by atoms with Gasteiger partial charge in [0.1, 0.15) is 51.7 Å². The highest BCUT2D eigenvalue weighted by Gasteiger charge is 2.36. The Bertz CT molecular complexity index is 2600. The number of thiazole rings is 2. The normalized spacial score (nSPS) is 14.7. The number of carbonyl (C=O) groups is 6. The van der Waals surface area contributed by atoms with Crippen LogP contribution in [0.25, 0.3) is 10.4 Å². The lowest BCUT2D eigenvalue weighted by atomic mass is 9.93. The van der Waals surface area contributed by atoms with Crippen molar-refractivity contribution in [2.24, 2.45) is 34.5 Å². The molecule has 2 heterocycles. The van der Waals surface area contributed by atoms with Gasteiger partial charge in [0.2, 0.25) is 11.8 Å². The lowest BCUT2D eigenvalue weighted by molar-refractivity contribution is -0.143. The Labute approximate surface area is 492 Å². The minimum atomic E-state index is -1.04. The fourth-order valence-electron chi connectivity index (χ4n) is 9.01. The molecule has 4 aromatic rings. The highest BCUT2D eigenvalue weighted by atomic mass is 32.1. The van der Waals surface area contributed by atoms with Gasteiger partial charge in [0.15, 0.2) is 0 Å². The van der Waals surface area contributed by atoms with Crippen LogP contribution >= 0.6 is 22.7 Å². The molecule has 0 fully saturated rings. The van der Waals surface area contributed by atoms with Crippen molar-refractivity contribution in [2.75, 3.05) is 34.4 Å². The predicted octanol–water partition coefficient (Wildman–Crippen LogP) is 8.39. The van der Waals surface area contributed by atoms with Crippen LogP contribution in [0, 0.1) is 23.7 Å². The lowest BCUT2D eigenvalue weighted by Crippen LogP contribution is -2.53. The number of amides is 4. The maximum Gasteiger partial charge on any atom is 0.328 e. The van der Waals surface area contributed by atoms with Crippen LogP contribution in [-0.4, -0.2) is 141 Å². The second kappa shape index (κ2) is 37.7. The number of benzene rings is 2. The van der Waals surface area contributed by atoms with Gasteiger partial charge >= 0.3 is 11.9 Å². The molecule has 21 nitrogen and oxygen atoms in total. The van der Waals surface area contributed by atoms with E-state index in [0.717, 1.165) is 42.4 Å². The molecule has 10 atom stereocenters. The summed E-state index contributed by atoms with van der Waals surface area (Å²) >= 11 is 2.30. The van der Waals surface area contributed by atoms with Crippen molar-refractivity contribution < 1.29 is 53.6 Å². The topological polar surface area (TPSA) is 313 Å². The number of nitrogens with two attached hydrogens (primary N) is 1. The summed E-state index contributed by atoms with van der Waals surface area (Å²) in [5.41, 5.74) is 17.3. The van der Waals surface area contributed by atoms with Gasteiger partial charge in [-0.25, -0.2) is 19.6 Å². The maximum atomic E-state index is 13.6. The Morgan fingerprint density at radius 1 is 0.646 bits per heavy atom. The van der Waals surface area contributed by atoms with Crippen molar-refractivity contribution in [3.05, 3.63) is 114 Å². The zero-order chi connectivity index (χ0) is 61.6. The maximum absolute atomic E-state index is 13.6. The highest BCUT2D eigenvalue weighted by Crippen LogP contribution is 2.31. The summed E-state index contributed by atoms with van der Waals surface area (Å²) in [6.07, 6.45) is 1.91. The standard InChI is InChI=1S/C29H42N6O5S.C29H44N4O5S.CH4O/c1-7-14-35(28(38)25(33-34-30)19(5)8-2)23(18(3)4)16-24(36)27-32-22(17-41-27)26(37)31-21(29(39)40-6)15-20-12-10-9-11-13-20;1-7-14-33(28(36)25(30)19(5)8-2)23(18(3)4)16-24(34)27-32-22(17-39-27)26(35)31-21(29(37)38-6)15-20-12-10-9-11-13-20;1-2/h9-13,17-19,21,23-25,36H,7-8,14-16H2,1-6H3,(H,31,37);9-13,17-19,21,23-25,34H,7-8,14-16,30H2,1-6H3,(H,31,35);2H,1H3/t2*19?,21-,23+,24+,25-;/m00./s1. The summed E-state index contributed by atoms with van der Waals surface area (Å²) in [6, 6.07) is 14.8. The number of nitrogens with one attached hydrogen (secondary N) is 2. The van der Waals surface area contributed by atoms with Gasteiger partial charge in [-0.2, -0.15) is 0 Å². The largest absolute Gasteiger partial charge is 0.467 e. The van der Waals surface area contributed by atoms with E-state index in [1.165, 1.54) is 30.9 Å². The summed E-state index contributed by atoms with van der Waals surface area (Å²) in [5.74, 6) is -2.60. The molecule has 0 saturated carbocycles. The van der Waals surface area contributed by atoms with Crippen molar-refractivity contribution in [3.63, 3.8) is 0 Å². The third kappa shape index (κ3) is 22.1. The molecule has 2 aromatic carbocycles. The number of hydrogen-bond acceptors (Lipinski definition) is 17. The van der Waals surface area contributed by atoms with Gasteiger partial charge in [-0.05, 0) is 53.2 Å². The first kappa shape index (κ1) is 71.8. The van der Waals surface area contributed by atoms with Crippen molar-refractivity contribution >= 4 is 58.2 Å². The zero-order valence-corrected chi connectivity index (χ0v) is 51.7. The molecule has 4 rings (SSSR count). The number of aliphatic hydroxyl groups excluding tert-OH is 3. The number of ether oxygens (including phenoxy) is 2. The van der Waals surface area contributed by atoms with Crippen LogP contribution in [0.2, 0.25) is 0 Å². The number of aliphatic hydroxyl groups is 3. The molecule has 82 heavy (non-hydrogen) atoms. The molecule has 2 unspecified atom stereocenters. The smallest absolute Gasteiger partial charge is 0.328 e. The van der Waals surface area contributed by atoms with E-state index in [0.29, 0.717) is 35.9 Å². The first-order chi connectivity index (χ1) is 39.1. The molecule has 0 bridgehead atoms. The van der Waals surface area contributed by atoms with E-state index in [2.05, 4.69) is 30.6 Å². The first-order valence-corrected chi connectivity index (χ1v) is 29.8. The molecule has 23 heteroatoms. The van der Waals surface area contributed by atoms with Crippen LogP contribution in [0.15, 0.2) is 76.5 Å². The number of methoxy groups -OCH3 is 2. The molecule has 454 valence electrons. The van der Waals surface area contributed by atoms with Crippen molar-refractivity contribution in [1.82, 2.24) is 30.4 Å². The van der Waals surface area contributed by atoms with Gasteiger partial charge in [-0.1, -0.05) is 148 Å². The number of carbonyl (C=O) groups excluding carboxylic acids is 6. The van der Waals surface area contributed by atoms with Gasteiger partial charge in [-0.3, -0.25) is 19.2 Å². The van der Waals surface area contributed by atoms with E-state index < -0.39 is 60.1 Å². The van der Waals surface area contributed by atoms with Crippen molar-refractivity contribution in [3.8, 4) is 0 Å². The van der Waals surface area contributed by atoms with Crippen LogP contribution in [-0.2, 0) is 41.5 Å². The molecule has 4 amide bonds. The number of azide groups is 1. The van der Waals surface area contributed by atoms with Gasteiger partial charge in [0.05, 0.1) is 20.3 Å². The molecule has 7 N–H and O–H groups in total. The van der Waals surface area contributed by atoms with Gasteiger partial charge in [0, 0.05) is 73.6 Å². The second-order valence-electron chi connectivity index (χ2n) is 20.8. The number of nitrogens with zero attached hydrogens (tertiary/aromatic N) is 7. The van der Waals surface area contributed by atoms with E-state index in [1.807, 2.05) is 130 Å². The van der Waals surface area contributed by atoms with Gasteiger partial charge < -0.3 is 51.0 Å². The number of esters is 2. The SMILES string of the molecule is CCCN(C(=O)[C@@H](N)C(C)CC)[C@H](C[C@@H](O)c1nc(C(=O)N[C@@H](Cc2ccccc2)C(=O)OC)cs1)C(C)C.CCCN(C(=O)[C@@H](N=[N+]=[N-])C(C)CC)[C@H](C[C@@H](O)c1nc(C(=O)N[C@@H](Cc2ccccc2)C(=O)OC)cs1)C(C)C.CO. The molecule has 0 radical (unpaired) electrons. The minimum absolute atomic E-state index is 0.00895. The lowest BCUT2D eigenvalue weighted by Gasteiger charge is -2.38. The van der Waals surface area contributed by atoms with E-state index in [-0.39, 0.29) is 84.6 Å². The van der Waals surface area contributed by atoms with Crippen LogP contribution in [0.3, 0.4) is 0 Å². The quantitative estimate of drug-likeness (QED) is 0.0119. The highest BCUT2D eigenvalue weighted by molar-refractivity contribution is 7.10. The average molecular weight is 1180 g/mol. The minimum Gasteiger partial charge on any atom is -0.467 e. The molecule has 0 aliphatic heterocycles. The molecule has 0 spiro atoms. The summed E-state index contributed by atoms with van der Waals surface area (Å²) in [4.78, 5) is 92.7. The van der Waals surface area contributed by atoms with E-state index in [9.17, 15) is 39.0 Å². The number of hydrogen-bond donors (Lipinski definition) is 6. The molecule has 0 aliphatic rings. The first-order valence-electron chi connectivity index (χ1n) is 28.1. The van der Waals surface area contributed by atoms with Crippen LogP contribution in [0.4, 0.5) is 0 Å². The summed E-state index contributed by atoms with van der Waals surface area (Å²) < 4.78 is 9.75. The Morgan fingerprint density at radius 2 is 1.02 bits per heavy atom. The van der Waals surface area contributed by atoms with Crippen molar-refractivity contribution in [2.45, 2.75) is 169 Å². The van der Waals surface area contributed by atoms with Crippen LogP contribution in [0.5, 0.6) is 0 Å². The van der Waals surface area contributed by atoms with Crippen LogP contribution < -0.4 is 16.4 Å². The van der Waals surface area contributed by atoms with E-state index in [1.54, 1.807) is 15.2 Å². The molecule has 0 aliphatic carbocycles. The third-order valence-electron chi connectivity index (χ3n) is 14.1. The summed E-state index contributed by atoms with van der Waals surface area (Å²) in [5, 5.41) is 42.3. The molecule has 2 aromatic heterocycles. The Morgan fingerprint density at radius 3 is 1.35 bits per heavy atom. The number of rotatable bonds is 31. The second-order valence-corrected chi connectivity index (χ2v) is 22.5.